The van der Waals surface area contributed by atoms with Gasteiger partial charge in [0.2, 0.25) is 0 Å². The van der Waals surface area contributed by atoms with Gasteiger partial charge in [-0.15, -0.1) is 0 Å². The first-order chi connectivity index (χ1) is 11.4. The van der Waals surface area contributed by atoms with Crippen LogP contribution in [0.4, 0.5) is 0 Å². The molecule has 0 aliphatic heterocycles. The molecule has 23 heavy (non-hydrogen) atoms. The fourth-order valence-electron chi connectivity index (χ4n) is 2.55. The molecular formula is C20H28N2O. The van der Waals surface area contributed by atoms with Crippen LogP contribution in [-0.2, 0) is 0 Å². The highest BCUT2D eigenvalue weighted by molar-refractivity contribution is 5.54. The predicted octanol–water partition coefficient (Wildman–Crippen LogP) is 5.66. The van der Waals surface area contributed by atoms with Crippen molar-refractivity contribution >= 4 is 0 Å². The number of ether oxygens (including phenoxy) is 1. The van der Waals surface area contributed by atoms with Gasteiger partial charge in [-0.05, 0) is 6.42 Å². The third kappa shape index (κ3) is 6.81. The van der Waals surface area contributed by atoms with Crippen molar-refractivity contribution in [2.45, 2.75) is 58.3 Å². The van der Waals surface area contributed by atoms with E-state index in [1.165, 1.54) is 44.9 Å². The Kier molecular flexibility index (Phi) is 8.17. The summed E-state index contributed by atoms with van der Waals surface area (Å²) in [5, 5.41) is 0. The van der Waals surface area contributed by atoms with E-state index in [2.05, 4.69) is 16.9 Å². The maximum Gasteiger partial charge on any atom is 0.159 e. The predicted molar refractivity (Wildman–Crippen MR) is 95.6 cm³/mol. The van der Waals surface area contributed by atoms with Crippen LogP contribution in [0.15, 0.2) is 42.7 Å². The average Bonchev–Trinajstić information content (AvgIpc) is 2.62. The molecule has 0 fully saturated rings. The molecule has 0 atom stereocenters. The Morgan fingerprint density at radius 1 is 0.783 bits per heavy atom. The van der Waals surface area contributed by atoms with Crippen LogP contribution in [0.2, 0.25) is 0 Å². The fraction of sp³-hybridized carbons (Fsp3) is 0.500. The summed E-state index contributed by atoms with van der Waals surface area (Å²) in [6, 6.07) is 9.99. The van der Waals surface area contributed by atoms with Crippen LogP contribution in [0, 0.1) is 0 Å². The Labute approximate surface area is 140 Å². The highest BCUT2D eigenvalue weighted by atomic mass is 16.5. The Morgan fingerprint density at radius 3 is 2.04 bits per heavy atom. The van der Waals surface area contributed by atoms with Gasteiger partial charge in [0, 0.05) is 5.56 Å². The third-order valence-corrected chi connectivity index (χ3v) is 3.93. The zero-order chi connectivity index (χ0) is 16.2. The van der Waals surface area contributed by atoms with Crippen LogP contribution in [0.3, 0.4) is 0 Å². The van der Waals surface area contributed by atoms with E-state index < -0.39 is 0 Å². The van der Waals surface area contributed by atoms with Crippen LogP contribution in [0.5, 0.6) is 5.75 Å². The number of rotatable bonds is 11. The summed E-state index contributed by atoms with van der Waals surface area (Å²) in [5.74, 6) is 1.50. The summed E-state index contributed by atoms with van der Waals surface area (Å²) in [4.78, 5) is 8.74. The maximum absolute atomic E-state index is 5.72. The van der Waals surface area contributed by atoms with Crippen molar-refractivity contribution < 1.29 is 4.74 Å². The minimum absolute atomic E-state index is 0.741. The molecule has 0 unspecified atom stereocenters. The molecule has 0 saturated carbocycles. The molecule has 0 spiro atoms. The molecule has 2 rings (SSSR count). The van der Waals surface area contributed by atoms with Gasteiger partial charge in [-0.1, -0.05) is 82.2 Å². The minimum Gasteiger partial charge on any atom is -0.490 e. The monoisotopic (exact) mass is 312 g/mol. The van der Waals surface area contributed by atoms with Crippen molar-refractivity contribution in [1.29, 1.82) is 0 Å². The second-order valence-corrected chi connectivity index (χ2v) is 5.93. The van der Waals surface area contributed by atoms with Crippen LogP contribution in [-0.4, -0.2) is 16.6 Å². The van der Waals surface area contributed by atoms with Crippen LogP contribution in [0.1, 0.15) is 58.3 Å². The van der Waals surface area contributed by atoms with E-state index in [1.807, 2.05) is 30.3 Å². The zero-order valence-corrected chi connectivity index (χ0v) is 14.2. The number of unbranched alkanes of at least 4 members (excludes halogenated alkanes) is 7. The molecule has 1 aromatic carbocycles. The molecule has 1 aromatic heterocycles. The Balaban J connectivity index is 1.60. The van der Waals surface area contributed by atoms with Crippen molar-refractivity contribution in [3.63, 3.8) is 0 Å². The number of hydrogen-bond acceptors (Lipinski definition) is 3. The maximum atomic E-state index is 5.72. The number of benzene rings is 1. The topological polar surface area (TPSA) is 35.0 Å². The fourth-order valence-corrected chi connectivity index (χ4v) is 2.55. The van der Waals surface area contributed by atoms with Gasteiger partial charge in [0.05, 0.1) is 19.0 Å². The molecule has 0 aliphatic rings. The third-order valence-electron chi connectivity index (χ3n) is 3.93. The smallest absolute Gasteiger partial charge is 0.159 e. The second kappa shape index (κ2) is 10.8. The summed E-state index contributed by atoms with van der Waals surface area (Å²) in [6.45, 7) is 3.01. The average molecular weight is 312 g/mol. The molecule has 0 bridgehead atoms. The number of aromatic nitrogens is 2. The Hall–Kier alpha value is -1.90. The number of hydrogen-bond donors (Lipinski definition) is 0. The van der Waals surface area contributed by atoms with Crippen molar-refractivity contribution in [3.05, 3.63) is 42.7 Å². The van der Waals surface area contributed by atoms with E-state index in [-0.39, 0.29) is 0 Å². The van der Waals surface area contributed by atoms with Crippen molar-refractivity contribution in [2.24, 2.45) is 0 Å². The first-order valence-corrected chi connectivity index (χ1v) is 8.90. The second-order valence-electron chi connectivity index (χ2n) is 5.93. The lowest BCUT2D eigenvalue weighted by Gasteiger charge is -2.06. The lowest BCUT2D eigenvalue weighted by atomic mass is 10.1. The van der Waals surface area contributed by atoms with E-state index in [9.17, 15) is 0 Å². The minimum atomic E-state index is 0.741. The van der Waals surface area contributed by atoms with Gasteiger partial charge in [-0.25, -0.2) is 9.97 Å². The largest absolute Gasteiger partial charge is 0.490 e. The molecule has 3 nitrogen and oxygen atoms in total. The summed E-state index contributed by atoms with van der Waals surface area (Å²) in [5.41, 5.74) is 1.03. The first kappa shape index (κ1) is 17.5. The molecule has 0 N–H and O–H groups in total. The Morgan fingerprint density at radius 2 is 1.39 bits per heavy atom. The summed E-state index contributed by atoms with van der Waals surface area (Å²) >= 11 is 0. The molecule has 1 heterocycles. The highest BCUT2D eigenvalue weighted by Crippen LogP contribution is 2.16. The van der Waals surface area contributed by atoms with Crippen LogP contribution >= 0.6 is 0 Å². The van der Waals surface area contributed by atoms with Gasteiger partial charge in [0.15, 0.2) is 11.6 Å². The standard InChI is InChI=1S/C20H28N2O/c1-2-3-4-5-6-7-8-12-15-23-19-16-21-20(22-17-19)18-13-10-9-11-14-18/h9-11,13-14,16-17H,2-8,12,15H2,1H3. The molecule has 2 aromatic rings. The zero-order valence-electron chi connectivity index (χ0n) is 14.2. The first-order valence-electron chi connectivity index (χ1n) is 8.90. The molecule has 0 radical (unpaired) electrons. The Bertz CT molecular complexity index is 525. The highest BCUT2D eigenvalue weighted by Gasteiger charge is 2.01. The summed E-state index contributed by atoms with van der Waals surface area (Å²) < 4.78 is 5.72. The van der Waals surface area contributed by atoms with Crippen LogP contribution in [0.25, 0.3) is 11.4 Å². The normalized spacial score (nSPS) is 10.7. The summed E-state index contributed by atoms with van der Waals surface area (Å²) in [6.07, 6.45) is 14.0. The van der Waals surface area contributed by atoms with Gasteiger partial charge >= 0.3 is 0 Å². The SMILES string of the molecule is CCCCCCCCCCOc1cnc(-c2ccccc2)nc1. The molecule has 0 aliphatic carbocycles. The quantitative estimate of drug-likeness (QED) is 0.502. The van der Waals surface area contributed by atoms with E-state index in [0.717, 1.165) is 30.2 Å². The van der Waals surface area contributed by atoms with Crippen molar-refractivity contribution in [1.82, 2.24) is 9.97 Å². The number of nitrogens with zero attached hydrogens (tertiary/aromatic N) is 2. The van der Waals surface area contributed by atoms with E-state index in [0.29, 0.717) is 0 Å². The summed E-state index contributed by atoms with van der Waals surface area (Å²) in [7, 11) is 0. The van der Waals surface area contributed by atoms with Crippen molar-refractivity contribution in [3.8, 4) is 17.1 Å². The van der Waals surface area contributed by atoms with Crippen molar-refractivity contribution in [2.75, 3.05) is 6.61 Å². The molecule has 3 heteroatoms. The van der Waals surface area contributed by atoms with Gasteiger partial charge in [-0.3, -0.25) is 0 Å². The van der Waals surface area contributed by atoms with Crippen LogP contribution < -0.4 is 4.74 Å². The van der Waals surface area contributed by atoms with Gasteiger partial charge in [0.25, 0.3) is 0 Å². The van der Waals surface area contributed by atoms with Gasteiger partial charge in [0.1, 0.15) is 0 Å². The molecule has 0 saturated heterocycles. The molecular weight excluding hydrogens is 284 g/mol. The lowest BCUT2D eigenvalue weighted by molar-refractivity contribution is 0.302. The van der Waals surface area contributed by atoms with Gasteiger partial charge in [-0.2, -0.15) is 0 Å². The van der Waals surface area contributed by atoms with E-state index >= 15 is 0 Å². The van der Waals surface area contributed by atoms with E-state index in [4.69, 9.17) is 4.74 Å². The lowest BCUT2D eigenvalue weighted by Crippen LogP contribution is -1.99. The molecule has 0 amide bonds. The van der Waals surface area contributed by atoms with E-state index in [1.54, 1.807) is 12.4 Å². The molecule has 124 valence electrons. The van der Waals surface area contributed by atoms with Gasteiger partial charge < -0.3 is 4.74 Å².